The number of hydrogen-bond acceptors (Lipinski definition) is 3. The molecule has 0 saturated carbocycles. The molecule has 0 aromatic carbocycles. The van der Waals surface area contributed by atoms with Crippen molar-refractivity contribution in [2.24, 2.45) is 5.41 Å². The third kappa shape index (κ3) is 2.78. The summed E-state index contributed by atoms with van der Waals surface area (Å²) in [6.07, 6.45) is 1.67. The van der Waals surface area contributed by atoms with Gasteiger partial charge in [-0.15, -0.1) is 0 Å². The van der Waals surface area contributed by atoms with E-state index in [0.717, 1.165) is 29.9 Å². The molecule has 5 heteroatoms. The number of rotatable bonds is 3. The van der Waals surface area contributed by atoms with E-state index in [9.17, 15) is 8.42 Å². The number of fused-ring (bicyclic) bond motifs is 1. The van der Waals surface area contributed by atoms with Gasteiger partial charge in [0.05, 0.1) is 11.8 Å². The summed E-state index contributed by atoms with van der Waals surface area (Å²) in [5.41, 5.74) is 1.06. The molecule has 0 spiro atoms. The minimum absolute atomic E-state index is 0.0538. The summed E-state index contributed by atoms with van der Waals surface area (Å²) < 4.78 is 32.0. The molecule has 0 bridgehead atoms. The Morgan fingerprint density at radius 2 is 2.17 bits per heavy atom. The highest BCUT2D eigenvalue weighted by Crippen LogP contribution is 2.42. The molecule has 0 aliphatic heterocycles. The van der Waals surface area contributed by atoms with Gasteiger partial charge in [-0.2, -0.15) is 0 Å². The van der Waals surface area contributed by atoms with Gasteiger partial charge in [0.25, 0.3) is 0 Å². The van der Waals surface area contributed by atoms with E-state index >= 15 is 0 Å². The molecule has 1 aliphatic carbocycles. The van der Waals surface area contributed by atoms with Crippen LogP contribution in [0.5, 0.6) is 0 Å². The monoisotopic (exact) mass is 271 g/mol. The Labute approximate surface area is 109 Å². The van der Waals surface area contributed by atoms with Crippen LogP contribution < -0.4 is 4.72 Å². The molecule has 0 fully saturated rings. The second kappa shape index (κ2) is 4.38. The van der Waals surface area contributed by atoms with E-state index in [1.807, 2.05) is 13.0 Å². The van der Waals surface area contributed by atoms with E-state index in [1.54, 1.807) is 6.92 Å². The van der Waals surface area contributed by atoms with Crippen molar-refractivity contribution in [3.8, 4) is 0 Å². The van der Waals surface area contributed by atoms with Crippen molar-refractivity contribution in [1.29, 1.82) is 0 Å². The third-order valence-electron chi connectivity index (χ3n) is 3.44. The number of hydrogen-bond donors (Lipinski definition) is 1. The molecular formula is C13H21NO3S. The quantitative estimate of drug-likeness (QED) is 0.919. The van der Waals surface area contributed by atoms with Crippen LogP contribution in [0.2, 0.25) is 0 Å². The van der Waals surface area contributed by atoms with Crippen LogP contribution in [-0.2, 0) is 16.4 Å². The first-order valence-electron chi connectivity index (χ1n) is 6.32. The van der Waals surface area contributed by atoms with Crippen molar-refractivity contribution in [2.45, 2.75) is 46.6 Å². The second-order valence-corrected chi connectivity index (χ2v) is 7.90. The van der Waals surface area contributed by atoms with Crippen LogP contribution in [-0.4, -0.2) is 14.2 Å². The lowest BCUT2D eigenvalue weighted by molar-refractivity contribution is 0.247. The Morgan fingerprint density at radius 1 is 1.50 bits per heavy atom. The average molecular weight is 271 g/mol. The molecule has 18 heavy (non-hydrogen) atoms. The summed E-state index contributed by atoms with van der Waals surface area (Å²) in [5, 5.41) is 0. The Bertz CT molecular complexity index is 543. The van der Waals surface area contributed by atoms with Crippen LogP contribution in [0, 0.1) is 12.3 Å². The van der Waals surface area contributed by atoms with Crippen LogP contribution >= 0.6 is 0 Å². The summed E-state index contributed by atoms with van der Waals surface area (Å²) in [6, 6.07) is 1.79. The van der Waals surface area contributed by atoms with Crippen molar-refractivity contribution in [1.82, 2.24) is 4.72 Å². The topological polar surface area (TPSA) is 59.3 Å². The first kappa shape index (κ1) is 13.6. The first-order chi connectivity index (χ1) is 8.22. The van der Waals surface area contributed by atoms with E-state index in [1.165, 1.54) is 0 Å². The highest BCUT2D eigenvalue weighted by atomic mass is 32.2. The zero-order valence-corrected chi connectivity index (χ0v) is 12.2. The lowest BCUT2D eigenvalue weighted by atomic mass is 9.75. The normalized spacial score (nSPS) is 22.8. The zero-order chi connectivity index (χ0) is 13.6. The number of nitrogens with one attached hydrogen (secondary N) is 1. The minimum Gasteiger partial charge on any atom is -0.466 e. The molecule has 1 aliphatic rings. The molecular weight excluding hydrogens is 250 g/mol. The molecule has 1 heterocycles. The van der Waals surface area contributed by atoms with Gasteiger partial charge in [-0.25, -0.2) is 13.1 Å². The molecule has 1 aromatic heterocycles. The van der Waals surface area contributed by atoms with Gasteiger partial charge in [0.1, 0.15) is 11.5 Å². The summed E-state index contributed by atoms with van der Waals surface area (Å²) in [7, 11) is -3.19. The van der Waals surface area contributed by atoms with Gasteiger partial charge in [-0.1, -0.05) is 13.8 Å². The largest absolute Gasteiger partial charge is 0.466 e. The molecule has 1 unspecified atom stereocenters. The molecule has 1 aromatic rings. The van der Waals surface area contributed by atoms with Gasteiger partial charge in [0.2, 0.25) is 10.0 Å². The maximum atomic E-state index is 11.8. The summed E-state index contributed by atoms with van der Waals surface area (Å²) in [6.45, 7) is 7.83. The van der Waals surface area contributed by atoms with E-state index in [0.29, 0.717) is 0 Å². The smallest absolute Gasteiger partial charge is 0.211 e. The van der Waals surface area contributed by atoms with Gasteiger partial charge in [-0.05, 0) is 31.7 Å². The Balaban J connectivity index is 2.36. The van der Waals surface area contributed by atoms with Crippen molar-refractivity contribution in [3.05, 3.63) is 23.2 Å². The van der Waals surface area contributed by atoms with E-state index < -0.39 is 10.0 Å². The van der Waals surface area contributed by atoms with Crippen LogP contribution in [0.4, 0.5) is 0 Å². The van der Waals surface area contributed by atoms with Crippen LogP contribution in [0.1, 0.15) is 50.3 Å². The van der Waals surface area contributed by atoms with Gasteiger partial charge < -0.3 is 4.42 Å². The van der Waals surface area contributed by atoms with Crippen molar-refractivity contribution in [2.75, 3.05) is 5.75 Å². The fourth-order valence-corrected chi connectivity index (χ4v) is 3.40. The number of sulfonamides is 1. The van der Waals surface area contributed by atoms with E-state index in [4.69, 9.17) is 4.42 Å². The summed E-state index contributed by atoms with van der Waals surface area (Å²) in [5.74, 6) is 1.88. The Kier molecular flexibility index (Phi) is 3.32. The standard InChI is InChI=1S/C13H21NO3S/c1-5-18(15,16)14-11-7-13(3,4)8-12-10(11)6-9(2)17-12/h6,11,14H,5,7-8H2,1-4H3. The van der Waals surface area contributed by atoms with Crippen molar-refractivity contribution < 1.29 is 12.8 Å². The molecule has 0 radical (unpaired) electrons. The average Bonchev–Trinajstić information content (AvgIpc) is 2.56. The van der Waals surface area contributed by atoms with Crippen molar-refractivity contribution in [3.63, 3.8) is 0 Å². The SMILES string of the molecule is CCS(=O)(=O)NC1CC(C)(C)Cc2oc(C)cc21. The minimum atomic E-state index is -3.19. The van der Waals surface area contributed by atoms with Gasteiger partial charge in [-0.3, -0.25) is 0 Å². The number of aryl methyl sites for hydroxylation is 1. The lowest BCUT2D eigenvalue weighted by Crippen LogP contribution is -2.36. The van der Waals surface area contributed by atoms with E-state index in [2.05, 4.69) is 18.6 Å². The molecule has 1 N–H and O–H groups in total. The molecule has 2 rings (SSSR count). The summed E-state index contributed by atoms with van der Waals surface area (Å²) in [4.78, 5) is 0. The fourth-order valence-electron chi connectivity index (χ4n) is 2.59. The molecule has 0 amide bonds. The van der Waals surface area contributed by atoms with Gasteiger partial charge in [0, 0.05) is 12.0 Å². The second-order valence-electron chi connectivity index (χ2n) is 5.85. The Morgan fingerprint density at radius 3 is 2.78 bits per heavy atom. The molecule has 102 valence electrons. The predicted molar refractivity (Wildman–Crippen MR) is 70.9 cm³/mol. The lowest BCUT2D eigenvalue weighted by Gasteiger charge is -2.34. The molecule has 0 saturated heterocycles. The summed E-state index contributed by atoms with van der Waals surface area (Å²) >= 11 is 0. The van der Waals surface area contributed by atoms with Crippen LogP contribution in [0.25, 0.3) is 0 Å². The fraction of sp³-hybridized carbons (Fsp3) is 0.692. The highest BCUT2D eigenvalue weighted by molar-refractivity contribution is 7.89. The molecule has 1 atom stereocenters. The van der Waals surface area contributed by atoms with Gasteiger partial charge >= 0.3 is 0 Å². The maximum absolute atomic E-state index is 11.8. The Hall–Kier alpha value is -0.810. The highest BCUT2D eigenvalue weighted by Gasteiger charge is 2.36. The first-order valence-corrected chi connectivity index (χ1v) is 7.97. The van der Waals surface area contributed by atoms with Gasteiger partial charge in [0.15, 0.2) is 0 Å². The predicted octanol–water partition coefficient (Wildman–Crippen LogP) is 2.54. The van der Waals surface area contributed by atoms with Crippen molar-refractivity contribution >= 4 is 10.0 Å². The maximum Gasteiger partial charge on any atom is 0.211 e. The zero-order valence-electron chi connectivity index (χ0n) is 11.4. The van der Waals surface area contributed by atoms with Crippen LogP contribution in [0.3, 0.4) is 0 Å². The van der Waals surface area contributed by atoms with E-state index in [-0.39, 0.29) is 17.2 Å². The third-order valence-corrected chi connectivity index (χ3v) is 4.84. The number of furan rings is 1. The van der Waals surface area contributed by atoms with Crippen LogP contribution in [0.15, 0.2) is 10.5 Å². The molecule has 4 nitrogen and oxygen atoms in total.